The first-order valence-corrected chi connectivity index (χ1v) is 4.90. The smallest absolute Gasteiger partial charge is 0.248 e. The molecule has 0 unspecified atom stereocenters. The zero-order valence-corrected chi connectivity index (χ0v) is 8.82. The first-order chi connectivity index (χ1) is 7.13. The number of aromatic nitrogens is 2. The monoisotopic (exact) mass is 203 g/mol. The molecule has 2 aromatic rings. The Balaban J connectivity index is 2.69. The lowest BCUT2D eigenvalue weighted by Gasteiger charge is -2.01. The second-order valence-electron chi connectivity index (χ2n) is 3.47. The van der Waals surface area contributed by atoms with Crippen LogP contribution < -0.4 is 5.73 Å². The van der Waals surface area contributed by atoms with E-state index in [0.29, 0.717) is 5.56 Å². The van der Waals surface area contributed by atoms with E-state index in [1.165, 1.54) is 0 Å². The van der Waals surface area contributed by atoms with Crippen LogP contribution in [0.2, 0.25) is 0 Å². The van der Waals surface area contributed by atoms with E-state index in [1.807, 2.05) is 13.0 Å². The highest BCUT2D eigenvalue weighted by molar-refractivity contribution is 5.96. The Morgan fingerprint density at radius 1 is 1.53 bits per heavy atom. The molecular formula is C11H13N3O. The van der Waals surface area contributed by atoms with Gasteiger partial charge < -0.3 is 10.3 Å². The maximum Gasteiger partial charge on any atom is 0.248 e. The van der Waals surface area contributed by atoms with Crippen LogP contribution in [0.15, 0.2) is 18.2 Å². The Morgan fingerprint density at radius 3 is 2.87 bits per heavy atom. The molecule has 1 amide bonds. The van der Waals surface area contributed by atoms with E-state index in [0.717, 1.165) is 23.4 Å². The van der Waals surface area contributed by atoms with Crippen molar-refractivity contribution in [1.82, 2.24) is 9.55 Å². The lowest BCUT2D eigenvalue weighted by Crippen LogP contribution is -2.10. The minimum absolute atomic E-state index is 0.416. The summed E-state index contributed by atoms with van der Waals surface area (Å²) in [6.07, 6.45) is 0. The second-order valence-corrected chi connectivity index (χ2v) is 3.47. The number of carbonyl (C=O) groups is 1. The molecule has 0 bridgehead atoms. The molecule has 0 spiro atoms. The number of hydrogen-bond donors (Lipinski definition) is 1. The number of fused-ring (bicyclic) bond motifs is 1. The molecule has 1 heterocycles. The summed E-state index contributed by atoms with van der Waals surface area (Å²) in [5.74, 6) is 0.537. The number of imidazole rings is 1. The van der Waals surface area contributed by atoms with Crippen molar-refractivity contribution in [2.45, 2.75) is 20.4 Å². The molecule has 1 aromatic carbocycles. The van der Waals surface area contributed by atoms with E-state index in [-0.39, 0.29) is 0 Å². The van der Waals surface area contributed by atoms with Crippen LogP contribution in [0.5, 0.6) is 0 Å². The number of nitrogens with two attached hydrogens (primary N) is 1. The molecule has 0 saturated carbocycles. The van der Waals surface area contributed by atoms with Gasteiger partial charge in [-0.05, 0) is 32.0 Å². The molecule has 0 atom stereocenters. The highest BCUT2D eigenvalue weighted by Gasteiger charge is 2.08. The fraction of sp³-hybridized carbons (Fsp3) is 0.273. The predicted octanol–water partition coefficient (Wildman–Crippen LogP) is 1.46. The maximum absolute atomic E-state index is 11.0. The van der Waals surface area contributed by atoms with Gasteiger partial charge in [-0.15, -0.1) is 0 Å². The fourth-order valence-electron chi connectivity index (χ4n) is 1.80. The standard InChI is InChI=1S/C11H13N3O/c1-3-14-7(2)13-9-6-8(11(12)15)4-5-10(9)14/h4-6H,3H2,1-2H3,(H2,12,15). The molecule has 15 heavy (non-hydrogen) atoms. The van der Waals surface area contributed by atoms with E-state index >= 15 is 0 Å². The maximum atomic E-state index is 11.0. The molecule has 0 aliphatic carbocycles. The summed E-state index contributed by atoms with van der Waals surface area (Å²) in [6, 6.07) is 5.35. The van der Waals surface area contributed by atoms with E-state index in [4.69, 9.17) is 5.73 Å². The number of aryl methyl sites for hydroxylation is 2. The Kier molecular flexibility index (Phi) is 2.19. The van der Waals surface area contributed by atoms with E-state index in [2.05, 4.69) is 16.5 Å². The molecule has 78 valence electrons. The van der Waals surface area contributed by atoms with Gasteiger partial charge in [0.05, 0.1) is 11.0 Å². The summed E-state index contributed by atoms with van der Waals surface area (Å²) in [6.45, 7) is 4.89. The van der Waals surface area contributed by atoms with Crippen molar-refractivity contribution in [2.75, 3.05) is 0 Å². The van der Waals surface area contributed by atoms with Crippen LogP contribution in [0.25, 0.3) is 11.0 Å². The Labute approximate surface area is 87.7 Å². The van der Waals surface area contributed by atoms with E-state index < -0.39 is 5.91 Å². The lowest BCUT2D eigenvalue weighted by molar-refractivity contribution is 0.100. The summed E-state index contributed by atoms with van der Waals surface area (Å²) in [7, 11) is 0. The molecule has 0 aliphatic rings. The van der Waals surface area contributed by atoms with Gasteiger partial charge in [-0.1, -0.05) is 0 Å². The van der Waals surface area contributed by atoms with Crippen molar-refractivity contribution in [3.05, 3.63) is 29.6 Å². The summed E-state index contributed by atoms with van der Waals surface area (Å²) < 4.78 is 2.10. The van der Waals surface area contributed by atoms with Gasteiger partial charge in [0.25, 0.3) is 0 Å². The lowest BCUT2D eigenvalue weighted by atomic mass is 10.2. The molecule has 0 aliphatic heterocycles. The topological polar surface area (TPSA) is 60.9 Å². The van der Waals surface area contributed by atoms with Gasteiger partial charge >= 0.3 is 0 Å². The minimum Gasteiger partial charge on any atom is -0.366 e. The third kappa shape index (κ3) is 1.48. The Bertz CT molecular complexity index is 528. The van der Waals surface area contributed by atoms with Gasteiger partial charge in [0.15, 0.2) is 0 Å². The van der Waals surface area contributed by atoms with Crippen molar-refractivity contribution < 1.29 is 4.79 Å². The third-order valence-corrected chi connectivity index (χ3v) is 2.54. The van der Waals surface area contributed by atoms with Gasteiger partial charge in [0.1, 0.15) is 5.82 Å². The summed E-state index contributed by atoms with van der Waals surface area (Å²) >= 11 is 0. The van der Waals surface area contributed by atoms with Crippen LogP contribution in [0.3, 0.4) is 0 Å². The number of nitrogens with zero attached hydrogens (tertiary/aromatic N) is 2. The normalized spacial score (nSPS) is 10.8. The van der Waals surface area contributed by atoms with Crippen LogP contribution in [0, 0.1) is 6.92 Å². The highest BCUT2D eigenvalue weighted by Crippen LogP contribution is 2.17. The average Bonchev–Trinajstić information content (AvgIpc) is 2.51. The molecule has 2 rings (SSSR count). The van der Waals surface area contributed by atoms with Crippen molar-refractivity contribution >= 4 is 16.9 Å². The Hall–Kier alpha value is -1.84. The second kappa shape index (κ2) is 3.38. The quantitative estimate of drug-likeness (QED) is 0.803. The van der Waals surface area contributed by atoms with Gasteiger partial charge in [0.2, 0.25) is 5.91 Å². The zero-order chi connectivity index (χ0) is 11.0. The molecular weight excluding hydrogens is 190 g/mol. The fourth-order valence-corrected chi connectivity index (χ4v) is 1.80. The summed E-state index contributed by atoms with van der Waals surface area (Å²) in [4.78, 5) is 15.4. The summed E-state index contributed by atoms with van der Waals surface area (Å²) in [5.41, 5.74) is 7.58. The van der Waals surface area contributed by atoms with E-state index in [9.17, 15) is 4.79 Å². The van der Waals surface area contributed by atoms with Crippen molar-refractivity contribution in [2.24, 2.45) is 5.73 Å². The first kappa shape index (κ1) is 9.71. The van der Waals surface area contributed by atoms with Crippen LogP contribution in [-0.2, 0) is 6.54 Å². The Morgan fingerprint density at radius 2 is 2.27 bits per heavy atom. The average molecular weight is 203 g/mol. The molecule has 1 aromatic heterocycles. The first-order valence-electron chi connectivity index (χ1n) is 4.90. The van der Waals surface area contributed by atoms with Crippen LogP contribution in [0.1, 0.15) is 23.1 Å². The van der Waals surface area contributed by atoms with Crippen molar-refractivity contribution in [3.8, 4) is 0 Å². The third-order valence-electron chi connectivity index (χ3n) is 2.54. The van der Waals surface area contributed by atoms with Crippen LogP contribution in [-0.4, -0.2) is 15.5 Å². The predicted molar refractivity (Wildman–Crippen MR) is 58.7 cm³/mol. The SMILES string of the molecule is CCn1c(C)nc2cc(C(N)=O)ccc21. The van der Waals surface area contributed by atoms with Crippen LogP contribution >= 0.6 is 0 Å². The molecule has 4 heteroatoms. The molecule has 4 nitrogen and oxygen atoms in total. The summed E-state index contributed by atoms with van der Waals surface area (Å²) in [5, 5.41) is 0. The van der Waals surface area contributed by atoms with E-state index in [1.54, 1.807) is 12.1 Å². The number of carbonyl (C=O) groups excluding carboxylic acids is 1. The highest BCUT2D eigenvalue weighted by atomic mass is 16.1. The molecule has 0 fully saturated rings. The van der Waals surface area contributed by atoms with Gasteiger partial charge in [0, 0.05) is 12.1 Å². The van der Waals surface area contributed by atoms with Crippen molar-refractivity contribution in [1.29, 1.82) is 0 Å². The van der Waals surface area contributed by atoms with Gasteiger partial charge in [-0.25, -0.2) is 4.98 Å². The number of rotatable bonds is 2. The van der Waals surface area contributed by atoms with Gasteiger partial charge in [-0.3, -0.25) is 4.79 Å². The number of primary amides is 1. The molecule has 0 radical (unpaired) electrons. The van der Waals surface area contributed by atoms with Crippen LogP contribution in [0.4, 0.5) is 0 Å². The minimum atomic E-state index is -0.416. The van der Waals surface area contributed by atoms with Gasteiger partial charge in [-0.2, -0.15) is 0 Å². The largest absolute Gasteiger partial charge is 0.366 e. The number of amides is 1. The van der Waals surface area contributed by atoms with Crippen molar-refractivity contribution in [3.63, 3.8) is 0 Å². The molecule has 2 N–H and O–H groups in total. The number of benzene rings is 1. The molecule has 0 saturated heterocycles. The number of hydrogen-bond acceptors (Lipinski definition) is 2. The zero-order valence-electron chi connectivity index (χ0n) is 8.82.